The Morgan fingerprint density at radius 1 is 0.551 bits per heavy atom. The first-order chi connectivity index (χ1) is 32.1. The maximum Gasteiger partial charge on any atom is 0.405 e. The first-order valence-corrected chi connectivity index (χ1v) is 26.7. The Morgan fingerprint density at radius 3 is 1.14 bits per heavy atom. The van der Waals surface area contributed by atoms with E-state index < -0.39 is 56.8 Å². The molecule has 0 heterocycles. The largest absolute Gasteiger partial charge is 0.479 e. The van der Waals surface area contributed by atoms with E-state index in [2.05, 4.69) is 6.07 Å². The zero-order valence-electron chi connectivity index (χ0n) is 43.8. The highest BCUT2D eigenvalue weighted by molar-refractivity contribution is 5.77. The summed E-state index contributed by atoms with van der Waals surface area (Å²) in [5.41, 5.74) is 1.59. The normalized spacial score (nSPS) is 38.9. The van der Waals surface area contributed by atoms with Gasteiger partial charge in [-0.25, -0.2) is 9.59 Å². The van der Waals surface area contributed by atoms with Gasteiger partial charge in [-0.1, -0.05) is 20.8 Å². The summed E-state index contributed by atoms with van der Waals surface area (Å²) in [6, 6.07) is 2.16. The van der Waals surface area contributed by atoms with Crippen LogP contribution in [0.4, 0.5) is 4.79 Å². The van der Waals surface area contributed by atoms with Gasteiger partial charge >= 0.3 is 30.0 Å². The van der Waals surface area contributed by atoms with Crippen molar-refractivity contribution in [2.45, 2.75) is 250 Å². The maximum atomic E-state index is 12.7. The Labute approximate surface area is 411 Å². The summed E-state index contributed by atoms with van der Waals surface area (Å²) in [4.78, 5) is 60.4. The summed E-state index contributed by atoms with van der Waals surface area (Å²) in [5, 5.41) is 18.0. The predicted molar refractivity (Wildman–Crippen MR) is 256 cm³/mol. The van der Waals surface area contributed by atoms with E-state index in [0.29, 0.717) is 61.4 Å². The highest BCUT2D eigenvalue weighted by atomic mass is 16.6. The molecule has 0 saturated heterocycles. The number of carbonyl (C=O) groups is 5. The number of nitriles is 1. The third-order valence-corrected chi connectivity index (χ3v) is 18.8. The van der Waals surface area contributed by atoms with Gasteiger partial charge in [0.2, 0.25) is 0 Å². The SMILES string of the molecule is CCC(C)(C)C(=O)OC12CC3CC(C1)CC(OC(C)C(=O)O)(C3)C2.CCC(C)(C)C(=O)OC12CC3CC(CC(OC(N)=O)(C3)C1)C2.CCC(C)(C)C(=O)OC12CC3CC(CC(OCCC#N)(C3)C1)C2. The molecule has 0 radical (unpaired) electrons. The molecule has 7 unspecified atom stereocenters. The average molecular weight is 967 g/mol. The number of carboxylic acids is 1. The summed E-state index contributed by atoms with van der Waals surface area (Å²) in [6.45, 7) is 19.8. The van der Waals surface area contributed by atoms with Crippen LogP contribution in [0.15, 0.2) is 0 Å². The minimum Gasteiger partial charge on any atom is -0.479 e. The van der Waals surface area contributed by atoms with Crippen LogP contribution in [0.3, 0.4) is 0 Å². The third-order valence-electron chi connectivity index (χ3n) is 18.8. The fraction of sp³-hybridized carbons (Fsp3) is 0.891. The molecule has 12 bridgehead atoms. The number of carboxylic acid groups (broad SMARTS) is 1. The zero-order valence-corrected chi connectivity index (χ0v) is 43.8. The monoisotopic (exact) mass is 967 g/mol. The molecule has 7 atom stereocenters. The molecule has 12 fully saturated rings. The Kier molecular flexibility index (Phi) is 14.8. The highest BCUT2D eigenvalue weighted by Gasteiger charge is 2.64. The number of nitrogens with zero attached hydrogens (tertiary/aromatic N) is 1. The van der Waals surface area contributed by atoms with E-state index in [1.165, 1.54) is 6.42 Å². The molecule has 0 aromatic rings. The second-order valence-corrected chi connectivity index (χ2v) is 26.1. The van der Waals surface area contributed by atoms with Crippen LogP contribution in [-0.4, -0.2) is 81.4 Å². The fourth-order valence-electron chi connectivity index (χ4n) is 15.5. The maximum absolute atomic E-state index is 12.7. The van der Waals surface area contributed by atoms with Crippen LogP contribution >= 0.6 is 0 Å². The lowest BCUT2D eigenvalue weighted by molar-refractivity contribution is -0.248. The number of esters is 3. The first kappa shape index (κ1) is 53.4. The van der Waals surface area contributed by atoms with E-state index in [0.717, 1.165) is 116 Å². The van der Waals surface area contributed by atoms with E-state index in [9.17, 15) is 29.1 Å². The number of hydrogen-bond donors (Lipinski definition) is 2. The Hall–Kier alpha value is -3.44. The number of primary amides is 1. The zero-order chi connectivity index (χ0) is 50.6. The summed E-state index contributed by atoms with van der Waals surface area (Å²) < 4.78 is 36.0. The first-order valence-electron chi connectivity index (χ1n) is 26.7. The van der Waals surface area contributed by atoms with Gasteiger partial charge in [-0.3, -0.25) is 14.4 Å². The van der Waals surface area contributed by atoms with Crippen LogP contribution in [0.5, 0.6) is 0 Å². The number of carbonyl (C=O) groups excluding carboxylic acids is 4. The van der Waals surface area contributed by atoms with Gasteiger partial charge in [-0.2, -0.15) is 5.26 Å². The highest BCUT2D eigenvalue weighted by Crippen LogP contribution is 2.63. The van der Waals surface area contributed by atoms with Gasteiger partial charge in [-0.05, 0) is 200 Å². The number of nitrogens with two attached hydrogens (primary N) is 1. The van der Waals surface area contributed by atoms with Crippen molar-refractivity contribution >= 4 is 30.0 Å². The molecule has 14 nitrogen and oxygen atoms in total. The number of ether oxygens (including phenoxy) is 6. The number of aliphatic carboxylic acids is 1. The van der Waals surface area contributed by atoms with Crippen LogP contribution in [0.2, 0.25) is 0 Å². The molecule has 12 rings (SSSR count). The molecule has 388 valence electrons. The van der Waals surface area contributed by atoms with Gasteiger partial charge in [0, 0.05) is 19.3 Å². The molecule has 0 aromatic heterocycles. The van der Waals surface area contributed by atoms with Crippen molar-refractivity contribution in [3.05, 3.63) is 0 Å². The standard InChI is InChI=1S/C19H29NO3.C19H30O5.C17H27NO4/c1-4-17(2,3)16(21)23-19-11-14-8-15(12-19)10-18(9-14,13-19)22-7-5-6-20;1-5-17(3,4)16(22)24-19-9-13-6-14(10-19)8-18(7-13,11-19)23-12(2)15(20)21;1-4-15(2,3)13(19)21-16-6-11-5-12(7-16)9-17(8-11,10-16)22-14(18)20/h14-15H,4-5,7-13H2,1-3H3;12-14H,5-11H2,1-4H3,(H,20,21);11-12H,4-10H2,1-3H3,(H2,18,20). The van der Waals surface area contributed by atoms with Gasteiger partial charge in [0.05, 0.1) is 46.5 Å². The van der Waals surface area contributed by atoms with Crippen molar-refractivity contribution in [2.75, 3.05) is 6.61 Å². The smallest absolute Gasteiger partial charge is 0.405 e. The molecule has 0 aromatic carbocycles. The van der Waals surface area contributed by atoms with Gasteiger partial charge in [0.1, 0.15) is 22.4 Å². The van der Waals surface area contributed by atoms with Crippen molar-refractivity contribution in [3.63, 3.8) is 0 Å². The van der Waals surface area contributed by atoms with Crippen molar-refractivity contribution in [2.24, 2.45) is 57.5 Å². The minimum absolute atomic E-state index is 0.0610. The Balaban J connectivity index is 0.000000153. The van der Waals surface area contributed by atoms with E-state index in [4.69, 9.17) is 39.4 Å². The van der Waals surface area contributed by atoms with E-state index in [1.54, 1.807) is 6.92 Å². The van der Waals surface area contributed by atoms with E-state index >= 15 is 0 Å². The Bertz CT molecular complexity index is 1960. The molecule has 14 heteroatoms. The van der Waals surface area contributed by atoms with Crippen LogP contribution in [0.1, 0.15) is 210 Å². The lowest BCUT2D eigenvalue weighted by atomic mass is 9.52. The molecule has 69 heavy (non-hydrogen) atoms. The number of hydrogen-bond acceptors (Lipinski definition) is 12. The lowest BCUT2D eigenvalue weighted by Crippen LogP contribution is -2.62. The summed E-state index contributed by atoms with van der Waals surface area (Å²) >= 11 is 0. The molecule has 1 amide bonds. The lowest BCUT2D eigenvalue weighted by Gasteiger charge is -2.61. The minimum atomic E-state index is -0.927. The van der Waals surface area contributed by atoms with Gasteiger partial charge in [0.15, 0.2) is 6.10 Å². The topological polar surface area (TPSA) is 211 Å². The second-order valence-electron chi connectivity index (χ2n) is 26.1. The third kappa shape index (κ3) is 11.4. The molecular weight excluding hydrogens is 881 g/mol. The van der Waals surface area contributed by atoms with Crippen LogP contribution in [0, 0.1) is 63.1 Å². The molecule has 0 aliphatic heterocycles. The molecule has 3 N–H and O–H groups in total. The summed E-state index contributed by atoms with van der Waals surface area (Å²) in [6.07, 6.45) is 18.1. The van der Waals surface area contributed by atoms with E-state index in [1.807, 2.05) is 62.3 Å². The number of amides is 1. The number of rotatable bonds is 16. The van der Waals surface area contributed by atoms with Crippen molar-refractivity contribution in [3.8, 4) is 6.07 Å². The predicted octanol–water partition coefficient (Wildman–Crippen LogP) is 10.7. The summed E-state index contributed by atoms with van der Waals surface area (Å²) in [7, 11) is 0. The summed E-state index contributed by atoms with van der Waals surface area (Å²) in [5.74, 6) is 1.86. The van der Waals surface area contributed by atoms with Crippen LogP contribution < -0.4 is 5.73 Å². The van der Waals surface area contributed by atoms with Crippen LogP contribution in [-0.2, 0) is 47.6 Å². The van der Waals surface area contributed by atoms with Gasteiger partial charge in [-0.15, -0.1) is 0 Å². The molecule has 0 spiro atoms. The fourth-order valence-corrected chi connectivity index (χ4v) is 15.5. The van der Waals surface area contributed by atoms with Crippen LogP contribution in [0.25, 0.3) is 0 Å². The Morgan fingerprint density at radius 2 is 0.841 bits per heavy atom. The molecule has 12 aliphatic carbocycles. The van der Waals surface area contributed by atoms with Crippen molar-refractivity contribution in [1.82, 2.24) is 0 Å². The molecule has 12 saturated carbocycles. The van der Waals surface area contributed by atoms with Gasteiger partial charge in [0.25, 0.3) is 0 Å². The quantitative estimate of drug-likeness (QED) is 0.0838. The average Bonchev–Trinajstić information content (AvgIpc) is 3.21. The molecular formula is C55H86N2O12. The van der Waals surface area contributed by atoms with E-state index in [-0.39, 0.29) is 29.1 Å². The van der Waals surface area contributed by atoms with Crippen molar-refractivity contribution < 1.29 is 57.5 Å². The molecule has 12 aliphatic rings. The van der Waals surface area contributed by atoms with Crippen molar-refractivity contribution in [1.29, 1.82) is 5.26 Å². The van der Waals surface area contributed by atoms with Gasteiger partial charge < -0.3 is 39.3 Å². The second kappa shape index (κ2) is 19.2.